The van der Waals surface area contributed by atoms with Crippen LogP contribution in [0.3, 0.4) is 0 Å². The molecule has 0 fully saturated rings. The van der Waals surface area contributed by atoms with Gasteiger partial charge in [0.25, 0.3) is 0 Å². The highest BCUT2D eigenvalue weighted by atomic mass is 16.5. The minimum Gasteiger partial charge on any atom is -0.496 e. The van der Waals surface area contributed by atoms with Crippen molar-refractivity contribution in [3.05, 3.63) is 42.0 Å². The van der Waals surface area contributed by atoms with Gasteiger partial charge in [0.1, 0.15) is 5.75 Å². The zero-order valence-corrected chi connectivity index (χ0v) is 7.49. The van der Waals surface area contributed by atoms with E-state index < -0.39 is 0 Å². The largest absolute Gasteiger partial charge is 0.496 e. The van der Waals surface area contributed by atoms with Crippen molar-refractivity contribution in [3.63, 3.8) is 0 Å². The third-order valence-corrected chi connectivity index (χ3v) is 1.72. The molecule has 0 unspecified atom stereocenters. The maximum Gasteiger partial charge on any atom is 0.225 e. The van der Waals surface area contributed by atoms with E-state index >= 15 is 0 Å². The number of para-hydroxylation sites is 1. The molecule has 67 valence electrons. The number of hydrogen-bond donors (Lipinski definition) is 0. The fourth-order valence-electron chi connectivity index (χ4n) is 1.11. The van der Waals surface area contributed by atoms with Crippen LogP contribution in [0.15, 0.2) is 36.4 Å². The smallest absolute Gasteiger partial charge is 0.225 e. The lowest BCUT2D eigenvalue weighted by Gasteiger charge is -2.04. The van der Waals surface area contributed by atoms with Crippen LogP contribution in [-0.2, 0) is 11.2 Å². The molecule has 1 aromatic rings. The Hall–Kier alpha value is -1.57. The molecule has 0 aliphatic carbocycles. The van der Waals surface area contributed by atoms with Crippen LogP contribution in [0.1, 0.15) is 5.56 Å². The summed E-state index contributed by atoms with van der Waals surface area (Å²) in [6.45, 7) is 0. The van der Waals surface area contributed by atoms with Crippen molar-refractivity contribution in [1.82, 2.24) is 0 Å². The molecule has 1 radical (unpaired) electrons. The first-order valence-corrected chi connectivity index (χ1v) is 4.03. The number of ether oxygens (including phenoxy) is 1. The maximum absolute atomic E-state index is 9.91. The average Bonchev–Trinajstić information content (AvgIpc) is 2.19. The summed E-state index contributed by atoms with van der Waals surface area (Å²) in [7, 11) is 1.63. The Morgan fingerprint density at radius 3 is 2.92 bits per heavy atom. The van der Waals surface area contributed by atoms with Crippen LogP contribution in [0.5, 0.6) is 5.75 Å². The zero-order valence-electron chi connectivity index (χ0n) is 7.49. The van der Waals surface area contributed by atoms with Crippen LogP contribution in [0.2, 0.25) is 0 Å². The first kappa shape index (κ1) is 9.52. The van der Waals surface area contributed by atoms with Crippen molar-refractivity contribution in [2.75, 3.05) is 7.11 Å². The van der Waals surface area contributed by atoms with Gasteiger partial charge in [-0.15, -0.1) is 0 Å². The molecule has 2 nitrogen and oxygen atoms in total. The van der Waals surface area contributed by atoms with Crippen LogP contribution in [-0.4, -0.2) is 13.4 Å². The Morgan fingerprint density at radius 2 is 2.23 bits per heavy atom. The molecule has 0 amide bonds. The van der Waals surface area contributed by atoms with Crippen molar-refractivity contribution >= 4 is 6.29 Å². The second-order valence-corrected chi connectivity index (χ2v) is 2.54. The van der Waals surface area contributed by atoms with Gasteiger partial charge in [0, 0.05) is 0 Å². The van der Waals surface area contributed by atoms with E-state index in [0.29, 0.717) is 6.42 Å². The lowest BCUT2D eigenvalue weighted by molar-refractivity contribution is 0.410. The summed E-state index contributed by atoms with van der Waals surface area (Å²) in [5.74, 6) is 0.845. The fourth-order valence-corrected chi connectivity index (χ4v) is 1.11. The van der Waals surface area contributed by atoms with Gasteiger partial charge < -0.3 is 4.74 Å². The SMILES string of the molecule is COc1ccccc1C/C=C/[C]=O. The van der Waals surface area contributed by atoms with E-state index in [-0.39, 0.29) is 0 Å². The first-order valence-electron chi connectivity index (χ1n) is 4.03. The molecular weight excluding hydrogens is 164 g/mol. The summed E-state index contributed by atoms with van der Waals surface area (Å²) in [6.07, 6.45) is 5.52. The standard InChI is InChI=1S/C11H11O2/c1-13-11-8-3-2-6-10(11)7-4-5-9-12/h2-6,8H,7H2,1H3/b5-4+. The normalized spacial score (nSPS) is 10.2. The first-order chi connectivity index (χ1) is 6.38. The molecule has 0 spiro atoms. The van der Waals surface area contributed by atoms with Crippen LogP contribution in [0.4, 0.5) is 0 Å². The molecule has 0 N–H and O–H groups in total. The predicted molar refractivity (Wildman–Crippen MR) is 51.5 cm³/mol. The quantitative estimate of drug-likeness (QED) is 0.653. The average molecular weight is 175 g/mol. The molecule has 0 heterocycles. The monoisotopic (exact) mass is 175 g/mol. The van der Waals surface area contributed by atoms with Crippen molar-refractivity contribution in [1.29, 1.82) is 0 Å². The van der Waals surface area contributed by atoms with E-state index in [4.69, 9.17) is 4.74 Å². The van der Waals surface area contributed by atoms with Crippen molar-refractivity contribution in [2.45, 2.75) is 6.42 Å². The third-order valence-electron chi connectivity index (χ3n) is 1.72. The van der Waals surface area contributed by atoms with Gasteiger partial charge in [0.15, 0.2) is 0 Å². The molecule has 1 aromatic carbocycles. The predicted octanol–water partition coefficient (Wildman–Crippen LogP) is 1.90. The molecule has 1 rings (SSSR count). The Bertz CT molecular complexity index is 303. The van der Waals surface area contributed by atoms with Gasteiger partial charge in [-0.05, 0) is 24.1 Å². The summed E-state index contributed by atoms with van der Waals surface area (Å²) >= 11 is 0. The van der Waals surface area contributed by atoms with Crippen molar-refractivity contribution < 1.29 is 9.53 Å². The second-order valence-electron chi connectivity index (χ2n) is 2.54. The zero-order chi connectivity index (χ0) is 9.52. The molecular formula is C11H11O2. The molecule has 0 aliphatic rings. The Balaban J connectivity index is 2.74. The lowest BCUT2D eigenvalue weighted by atomic mass is 10.1. The van der Waals surface area contributed by atoms with Gasteiger partial charge in [-0.25, -0.2) is 0 Å². The summed E-state index contributed by atoms with van der Waals surface area (Å²) < 4.78 is 5.14. The second kappa shape index (κ2) is 5.14. The van der Waals surface area contributed by atoms with Gasteiger partial charge in [-0.1, -0.05) is 24.3 Å². The highest BCUT2D eigenvalue weighted by molar-refractivity contribution is 5.65. The highest BCUT2D eigenvalue weighted by Crippen LogP contribution is 2.17. The van der Waals surface area contributed by atoms with Crippen LogP contribution in [0, 0.1) is 0 Å². The number of rotatable bonds is 4. The van der Waals surface area contributed by atoms with Gasteiger partial charge in [-0.2, -0.15) is 0 Å². The molecule has 0 atom stereocenters. The van der Waals surface area contributed by atoms with Gasteiger partial charge in [0.05, 0.1) is 7.11 Å². The summed E-state index contributed by atoms with van der Waals surface area (Å²) in [5, 5.41) is 0. The minimum atomic E-state index is 0.694. The van der Waals surface area contributed by atoms with Gasteiger partial charge >= 0.3 is 0 Å². The lowest BCUT2D eigenvalue weighted by Crippen LogP contribution is -1.89. The number of carbonyl (C=O) groups excluding carboxylic acids is 1. The Morgan fingerprint density at radius 1 is 1.46 bits per heavy atom. The van der Waals surface area contributed by atoms with Gasteiger partial charge in [0.2, 0.25) is 6.29 Å². The maximum atomic E-state index is 9.91. The summed E-state index contributed by atoms with van der Waals surface area (Å²) in [6, 6.07) is 7.72. The molecule has 2 heteroatoms. The van der Waals surface area contributed by atoms with Crippen molar-refractivity contribution in [3.8, 4) is 5.75 Å². The minimum absolute atomic E-state index is 0.694. The summed E-state index contributed by atoms with van der Waals surface area (Å²) in [4.78, 5) is 9.91. The number of hydrogen-bond acceptors (Lipinski definition) is 2. The van der Waals surface area contributed by atoms with Gasteiger partial charge in [-0.3, -0.25) is 4.79 Å². The van der Waals surface area contributed by atoms with E-state index in [1.165, 1.54) is 6.08 Å². The van der Waals surface area contributed by atoms with E-state index in [1.54, 1.807) is 19.5 Å². The van der Waals surface area contributed by atoms with Crippen LogP contribution < -0.4 is 4.74 Å². The number of allylic oxidation sites excluding steroid dienone is 2. The fraction of sp³-hybridized carbons (Fsp3) is 0.182. The summed E-state index contributed by atoms with van der Waals surface area (Å²) in [5.41, 5.74) is 1.07. The Labute approximate surface area is 77.8 Å². The Kier molecular flexibility index (Phi) is 3.76. The number of methoxy groups -OCH3 is 1. The molecule has 0 aliphatic heterocycles. The van der Waals surface area contributed by atoms with E-state index in [2.05, 4.69) is 0 Å². The number of benzene rings is 1. The molecule has 13 heavy (non-hydrogen) atoms. The van der Waals surface area contributed by atoms with E-state index in [1.807, 2.05) is 24.3 Å². The molecule has 0 bridgehead atoms. The topological polar surface area (TPSA) is 26.3 Å². The highest BCUT2D eigenvalue weighted by Gasteiger charge is 1.97. The third kappa shape index (κ3) is 2.75. The van der Waals surface area contributed by atoms with Crippen LogP contribution >= 0.6 is 0 Å². The van der Waals surface area contributed by atoms with E-state index in [9.17, 15) is 4.79 Å². The van der Waals surface area contributed by atoms with E-state index in [0.717, 1.165) is 11.3 Å². The molecule has 0 aromatic heterocycles. The van der Waals surface area contributed by atoms with Crippen LogP contribution in [0.25, 0.3) is 0 Å². The molecule has 0 saturated heterocycles. The van der Waals surface area contributed by atoms with Crippen molar-refractivity contribution in [2.24, 2.45) is 0 Å². The molecule has 0 saturated carbocycles.